The molecule has 0 radical (unpaired) electrons. The van der Waals surface area contributed by atoms with Gasteiger partial charge in [0.25, 0.3) is 0 Å². The summed E-state index contributed by atoms with van der Waals surface area (Å²) < 4.78 is 0. The van der Waals surface area contributed by atoms with Crippen LogP contribution in [0.4, 0.5) is 0 Å². The summed E-state index contributed by atoms with van der Waals surface area (Å²) in [6.07, 6.45) is 2.25. The second-order valence-electron chi connectivity index (χ2n) is 3.29. The number of aromatic nitrogens is 1. The van der Waals surface area contributed by atoms with Gasteiger partial charge in [-0.25, -0.2) is 0 Å². The molecule has 70 valence electrons. The summed E-state index contributed by atoms with van der Waals surface area (Å²) in [5.41, 5.74) is 7.94. The standard InChI is InChI=1S/C11H11N3/c12-5-3-10(13)8-1-2-11-9(7-8)4-6-14-11/h1-2,4,6-7,10,14H,3,13H2. The Morgan fingerprint density at radius 3 is 3.07 bits per heavy atom. The lowest BCUT2D eigenvalue weighted by atomic mass is 10.0. The lowest BCUT2D eigenvalue weighted by Crippen LogP contribution is -2.08. The molecule has 0 amide bonds. The minimum absolute atomic E-state index is 0.181. The van der Waals surface area contributed by atoms with E-state index in [0.29, 0.717) is 6.42 Å². The highest BCUT2D eigenvalue weighted by Crippen LogP contribution is 2.19. The molecule has 0 saturated heterocycles. The minimum atomic E-state index is -0.181. The van der Waals surface area contributed by atoms with Crippen molar-refractivity contribution in [1.82, 2.24) is 4.98 Å². The number of hydrogen-bond donors (Lipinski definition) is 2. The Bertz CT molecular complexity index is 478. The van der Waals surface area contributed by atoms with Gasteiger partial charge in [-0.15, -0.1) is 0 Å². The summed E-state index contributed by atoms with van der Waals surface area (Å²) in [5.74, 6) is 0. The molecule has 14 heavy (non-hydrogen) atoms. The van der Waals surface area contributed by atoms with Gasteiger partial charge in [0.05, 0.1) is 12.5 Å². The highest BCUT2D eigenvalue weighted by molar-refractivity contribution is 5.80. The molecule has 0 fully saturated rings. The molecule has 0 aliphatic carbocycles. The number of aromatic amines is 1. The first-order valence-corrected chi connectivity index (χ1v) is 4.51. The van der Waals surface area contributed by atoms with Crippen LogP contribution in [0.1, 0.15) is 18.0 Å². The highest BCUT2D eigenvalue weighted by atomic mass is 14.7. The van der Waals surface area contributed by atoms with Crippen LogP contribution in [-0.2, 0) is 0 Å². The van der Waals surface area contributed by atoms with Crippen molar-refractivity contribution in [3.05, 3.63) is 36.0 Å². The van der Waals surface area contributed by atoms with Crippen LogP contribution in [0.2, 0.25) is 0 Å². The molecule has 0 bridgehead atoms. The van der Waals surface area contributed by atoms with E-state index in [4.69, 9.17) is 11.0 Å². The molecule has 3 heteroatoms. The predicted molar refractivity (Wildman–Crippen MR) is 55.5 cm³/mol. The second-order valence-corrected chi connectivity index (χ2v) is 3.29. The number of nitrogens with zero attached hydrogens (tertiary/aromatic N) is 1. The van der Waals surface area contributed by atoms with E-state index in [1.165, 1.54) is 0 Å². The Labute approximate surface area is 82.1 Å². The van der Waals surface area contributed by atoms with Gasteiger partial charge in [-0.2, -0.15) is 5.26 Å². The molecular weight excluding hydrogens is 174 g/mol. The van der Waals surface area contributed by atoms with Gasteiger partial charge in [0.1, 0.15) is 0 Å². The van der Waals surface area contributed by atoms with E-state index < -0.39 is 0 Å². The molecule has 0 aliphatic rings. The van der Waals surface area contributed by atoms with Gasteiger partial charge in [-0.1, -0.05) is 6.07 Å². The number of fused-ring (bicyclic) bond motifs is 1. The second kappa shape index (κ2) is 3.52. The average Bonchev–Trinajstić information content (AvgIpc) is 2.64. The van der Waals surface area contributed by atoms with E-state index in [0.717, 1.165) is 16.5 Å². The lowest BCUT2D eigenvalue weighted by molar-refractivity contribution is 0.750. The highest BCUT2D eigenvalue weighted by Gasteiger charge is 2.05. The van der Waals surface area contributed by atoms with Crippen LogP contribution in [-0.4, -0.2) is 4.98 Å². The summed E-state index contributed by atoms with van der Waals surface area (Å²) in [6, 6.07) is 9.86. The normalized spacial score (nSPS) is 12.6. The average molecular weight is 185 g/mol. The third-order valence-corrected chi connectivity index (χ3v) is 2.32. The van der Waals surface area contributed by atoms with Crippen LogP contribution in [0.3, 0.4) is 0 Å². The van der Waals surface area contributed by atoms with Crippen molar-refractivity contribution >= 4 is 10.9 Å². The van der Waals surface area contributed by atoms with Crippen molar-refractivity contribution in [1.29, 1.82) is 5.26 Å². The zero-order chi connectivity index (χ0) is 9.97. The Morgan fingerprint density at radius 2 is 2.29 bits per heavy atom. The molecule has 0 aliphatic heterocycles. The molecule has 3 N–H and O–H groups in total. The molecule has 0 saturated carbocycles. The fourth-order valence-electron chi connectivity index (χ4n) is 1.52. The fraction of sp³-hybridized carbons (Fsp3) is 0.182. The van der Waals surface area contributed by atoms with Crippen LogP contribution < -0.4 is 5.73 Å². The number of nitrogens with two attached hydrogens (primary N) is 1. The molecule has 1 atom stereocenters. The molecule has 3 nitrogen and oxygen atoms in total. The number of nitrogens with one attached hydrogen (secondary N) is 1. The zero-order valence-electron chi connectivity index (χ0n) is 7.70. The summed E-state index contributed by atoms with van der Waals surface area (Å²) in [4.78, 5) is 3.11. The molecule has 1 aromatic carbocycles. The van der Waals surface area contributed by atoms with Gasteiger partial charge in [-0.3, -0.25) is 0 Å². The predicted octanol–water partition coefficient (Wildman–Crippen LogP) is 2.08. The Hall–Kier alpha value is -1.79. The van der Waals surface area contributed by atoms with Gasteiger partial charge in [0.2, 0.25) is 0 Å². The quantitative estimate of drug-likeness (QED) is 0.752. The van der Waals surface area contributed by atoms with Crippen LogP contribution in [0.25, 0.3) is 10.9 Å². The van der Waals surface area contributed by atoms with Crippen molar-refractivity contribution in [2.75, 3.05) is 0 Å². The van der Waals surface area contributed by atoms with E-state index in [2.05, 4.69) is 11.1 Å². The molecule has 2 rings (SSSR count). The number of benzene rings is 1. The molecule has 0 spiro atoms. The van der Waals surface area contributed by atoms with Crippen molar-refractivity contribution in [2.24, 2.45) is 5.73 Å². The van der Waals surface area contributed by atoms with Crippen molar-refractivity contribution in [3.63, 3.8) is 0 Å². The monoisotopic (exact) mass is 185 g/mol. The third-order valence-electron chi connectivity index (χ3n) is 2.32. The number of H-pyrrole nitrogens is 1. The van der Waals surface area contributed by atoms with Crippen molar-refractivity contribution in [2.45, 2.75) is 12.5 Å². The maximum atomic E-state index is 8.54. The topological polar surface area (TPSA) is 65.6 Å². The van der Waals surface area contributed by atoms with Gasteiger partial charge < -0.3 is 10.7 Å². The Kier molecular flexibility index (Phi) is 2.21. The first kappa shape index (κ1) is 8.79. The van der Waals surface area contributed by atoms with Crippen molar-refractivity contribution in [3.8, 4) is 6.07 Å². The molecule has 1 heterocycles. The van der Waals surface area contributed by atoms with Crippen LogP contribution >= 0.6 is 0 Å². The maximum Gasteiger partial charge on any atom is 0.0641 e. The van der Waals surface area contributed by atoms with Crippen LogP contribution in [0.5, 0.6) is 0 Å². The van der Waals surface area contributed by atoms with E-state index in [-0.39, 0.29) is 6.04 Å². The molecule has 2 aromatic rings. The van der Waals surface area contributed by atoms with Gasteiger partial charge >= 0.3 is 0 Å². The number of rotatable bonds is 2. The first-order valence-electron chi connectivity index (χ1n) is 4.51. The lowest BCUT2D eigenvalue weighted by Gasteiger charge is -2.07. The SMILES string of the molecule is N#CCC(N)c1ccc2[nH]ccc2c1. The smallest absolute Gasteiger partial charge is 0.0641 e. The number of nitriles is 1. The Morgan fingerprint density at radius 1 is 1.43 bits per heavy atom. The van der Waals surface area contributed by atoms with Gasteiger partial charge in [-0.05, 0) is 29.1 Å². The molecule has 1 unspecified atom stereocenters. The summed E-state index contributed by atoms with van der Waals surface area (Å²) in [7, 11) is 0. The molecular formula is C11H11N3. The zero-order valence-corrected chi connectivity index (χ0v) is 7.70. The van der Waals surface area contributed by atoms with Crippen LogP contribution in [0.15, 0.2) is 30.5 Å². The van der Waals surface area contributed by atoms with E-state index >= 15 is 0 Å². The third kappa shape index (κ3) is 1.48. The minimum Gasteiger partial charge on any atom is -0.361 e. The van der Waals surface area contributed by atoms with E-state index in [1.807, 2.05) is 30.5 Å². The largest absolute Gasteiger partial charge is 0.361 e. The fourth-order valence-corrected chi connectivity index (χ4v) is 1.52. The first-order chi connectivity index (χ1) is 6.81. The van der Waals surface area contributed by atoms with E-state index in [1.54, 1.807) is 0 Å². The summed E-state index contributed by atoms with van der Waals surface area (Å²) in [6.45, 7) is 0. The van der Waals surface area contributed by atoms with E-state index in [9.17, 15) is 0 Å². The van der Waals surface area contributed by atoms with Gasteiger partial charge in [0, 0.05) is 17.8 Å². The summed E-state index contributed by atoms with van der Waals surface area (Å²) in [5, 5.41) is 9.67. The number of hydrogen-bond acceptors (Lipinski definition) is 2. The molecule has 1 aromatic heterocycles. The van der Waals surface area contributed by atoms with Crippen LogP contribution in [0, 0.1) is 11.3 Å². The van der Waals surface area contributed by atoms with Crippen molar-refractivity contribution < 1.29 is 0 Å². The Balaban J connectivity index is 2.39. The summed E-state index contributed by atoms with van der Waals surface area (Å²) >= 11 is 0. The maximum absolute atomic E-state index is 8.54. The van der Waals surface area contributed by atoms with Gasteiger partial charge in [0.15, 0.2) is 0 Å².